The lowest BCUT2D eigenvalue weighted by Gasteiger charge is -2.31. The van der Waals surface area contributed by atoms with Gasteiger partial charge in [-0.25, -0.2) is 0 Å². The summed E-state index contributed by atoms with van der Waals surface area (Å²) in [6, 6.07) is 0. The van der Waals surface area contributed by atoms with Gasteiger partial charge in [-0.1, -0.05) is 6.42 Å². The molecular formula is C17H28N4O2. The third-order valence-corrected chi connectivity index (χ3v) is 4.73. The van der Waals surface area contributed by atoms with Gasteiger partial charge in [0.15, 0.2) is 0 Å². The number of likely N-dealkylation sites (tertiary alicyclic amines) is 1. The number of hydrogen-bond acceptors (Lipinski definition) is 5. The minimum atomic E-state index is -0.124. The molecule has 0 radical (unpaired) electrons. The Morgan fingerprint density at radius 2 is 2.09 bits per heavy atom. The van der Waals surface area contributed by atoms with Crippen LogP contribution in [-0.2, 0) is 22.5 Å². The lowest BCUT2D eigenvalue weighted by molar-refractivity contribution is -0.149. The molecular weight excluding hydrogens is 292 g/mol. The van der Waals surface area contributed by atoms with Crippen molar-refractivity contribution in [1.82, 2.24) is 19.7 Å². The van der Waals surface area contributed by atoms with Gasteiger partial charge in [-0.3, -0.25) is 9.69 Å². The van der Waals surface area contributed by atoms with Crippen molar-refractivity contribution in [3.05, 3.63) is 11.6 Å². The Hall–Kier alpha value is -1.43. The van der Waals surface area contributed by atoms with Gasteiger partial charge in [0.25, 0.3) is 0 Å². The molecule has 6 nitrogen and oxygen atoms in total. The predicted octanol–water partition coefficient (Wildman–Crippen LogP) is 2.14. The summed E-state index contributed by atoms with van der Waals surface area (Å²) < 4.78 is 7.61. The van der Waals surface area contributed by atoms with E-state index in [1.165, 1.54) is 19.3 Å². The fraction of sp³-hybridized carbons (Fsp3) is 0.824. The second-order valence-corrected chi connectivity index (χ2v) is 7.05. The van der Waals surface area contributed by atoms with E-state index in [9.17, 15) is 4.79 Å². The van der Waals surface area contributed by atoms with Gasteiger partial charge in [0.1, 0.15) is 11.6 Å². The maximum Gasteiger partial charge on any atom is 0.320 e. The van der Waals surface area contributed by atoms with Crippen LogP contribution >= 0.6 is 0 Å². The molecule has 2 aliphatic heterocycles. The zero-order valence-electron chi connectivity index (χ0n) is 14.3. The predicted molar refractivity (Wildman–Crippen MR) is 87.2 cm³/mol. The van der Waals surface area contributed by atoms with Crippen molar-refractivity contribution in [3.8, 4) is 0 Å². The Morgan fingerprint density at radius 1 is 1.22 bits per heavy atom. The molecule has 128 valence electrons. The van der Waals surface area contributed by atoms with Gasteiger partial charge >= 0.3 is 5.97 Å². The Balaban J connectivity index is 1.65. The number of aromatic nitrogens is 3. The molecule has 1 saturated heterocycles. The number of aryl methyl sites for hydroxylation is 1. The van der Waals surface area contributed by atoms with Crippen LogP contribution in [0.4, 0.5) is 0 Å². The molecule has 0 N–H and O–H groups in total. The number of carbonyl (C=O) groups excluding carboxylic acids is 1. The largest absolute Gasteiger partial charge is 0.462 e. The first-order valence-corrected chi connectivity index (χ1v) is 8.97. The van der Waals surface area contributed by atoms with Gasteiger partial charge in [-0.05, 0) is 46.1 Å². The molecule has 0 spiro atoms. The highest BCUT2D eigenvalue weighted by Gasteiger charge is 2.28. The quantitative estimate of drug-likeness (QED) is 0.796. The first-order valence-electron chi connectivity index (χ1n) is 8.97. The molecule has 0 amide bonds. The maximum atomic E-state index is 11.9. The molecule has 1 aromatic rings. The van der Waals surface area contributed by atoms with E-state index in [0.29, 0.717) is 12.5 Å². The van der Waals surface area contributed by atoms with Gasteiger partial charge in [0, 0.05) is 25.4 Å². The molecule has 1 unspecified atom stereocenters. The van der Waals surface area contributed by atoms with E-state index in [2.05, 4.69) is 19.7 Å². The number of esters is 1. The van der Waals surface area contributed by atoms with Crippen LogP contribution in [0.5, 0.6) is 0 Å². The molecule has 23 heavy (non-hydrogen) atoms. The van der Waals surface area contributed by atoms with Crippen molar-refractivity contribution < 1.29 is 9.53 Å². The highest BCUT2D eigenvalue weighted by Crippen LogP contribution is 2.27. The first kappa shape index (κ1) is 16.4. The summed E-state index contributed by atoms with van der Waals surface area (Å²) in [6.45, 7) is 7.06. The third kappa shape index (κ3) is 4.10. The van der Waals surface area contributed by atoms with Crippen molar-refractivity contribution in [1.29, 1.82) is 0 Å². The van der Waals surface area contributed by atoms with Crippen molar-refractivity contribution in [2.45, 2.75) is 70.9 Å². The zero-order chi connectivity index (χ0) is 16.2. The Bertz CT molecular complexity index is 541. The van der Waals surface area contributed by atoms with Crippen LogP contribution < -0.4 is 0 Å². The summed E-state index contributed by atoms with van der Waals surface area (Å²) in [5.41, 5.74) is 0. The molecule has 0 aliphatic carbocycles. The molecule has 0 saturated carbocycles. The van der Waals surface area contributed by atoms with Crippen LogP contribution in [0.3, 0.4) is 0 Å². The minimum Gasteiger partial charge on any atom is -0.462 e. The topological polar surface area (TPSA) is 60.2 Å². The summed E-state index contributed by atoms with van der Waals surface area (Å²) in [5, 5.41) is 8.92. The number of nitrogens with zero attached hydrogens (tertiary/aromatic N) is 4. The number of hydrogen-bond donors (Lipinski definition) is 0. The van der Waals surface area contributed by atoms with E-state index in [4.69, 9.17) is 4.74 Å². The Labute approximate surface area is 138 Å². The smallest absolute Gasteiger partial charge is 0.320 e. The van der Waals surface area contributed by atoms with Crippen LogP contribution in [0.1, 0.15) is 63.5 Å². The van der Waals surface area contributed by atoms with E-state index in [1.54, 1.807) is 0 Å². The fourth-order valence-electron chi connectivity index (χ4n) is 3.70. The van der Waals surface area contributed by atoms with E-state index >= 15 is 0 Å². The number of fused-ring (bicyclic) bond motifs is 1. The molecule has 3 rings (SSSR count). The van der Waals surface area contributed by atoms with Crippen molar-refractivity contribution in [2.75, 3.05) is 19.6 Å². The van der Waals surface area contributed by atoms with Crippen LogP contribution in [0.25, 0.3) is 0 Å². The molecule has 3 heterocycles. The third-order valence-electron chi connectivity index (χ3n) is 4.73. The van der Waals surface area contributed by atoms with Gasteiger partial charge in [0.05, 0.1) is 12.6 Å². The summed E-state index contributed by atoms with van der Waals surface area (Å²) in [7, 11) is 0. The Morgan fingerprint density at radius 3 is 2.91 bits per heavy atom. The summed E-state index contributed by atoms with van der Waals surface area (Å²) >= 11 is 0. The number of piperidine rings is 1. The summed E-state index contributed by atoms with van der Waals surface area (Å²) in [4.78, 5) is 14.1. The molecule has 1 aromatic heterocycles. The molecule has 0 bridgehead atoms. The van der Waals surface area contributed by atoms with Gasteiger partial charge in [0.2, 0.25) is 0 Å². The lowest BCUT2D eigenvalue weighted by Crippen LogP contribution is -2.39. The van der Waals surface area contributed by atoms with Crippen LogP contribution in [-0.4, -0.2) is 51.4 Å². The van der Waals surface area contributed by atoms with E-state index < -0.39 is 0 Å². The van der Waals surface area contributed by atoms with Crippen LogP contribution in [0.2, 0.25) is 0 Å². The molecule has 6 heteroatoms. The summed E-state index contributed by atoms with van der Waals surface area (Å²) in [6.07, 6.45) is 6.95. The van der Waals surface area contributed by atoms with Gasteiger partial charge in [-0.2, -0.15) is 0 Å². The van der Waals surface area contributed by atoms with E-state index in [0.717, 1.165) is 50.5 Å². The maximum absolute atomic E-state index is 11.9. The van der Waals surface area contributed by atoms with E-state index in [1.807, 2.05) is 13.8 Å². The lowest BCUT2D eigenvalue weighted by atomic mass is 9.97. The monoisotopic (exact) mass is 320 g/mol. The van der Waals surface area contributed by atoms with Crippen LogP contribution in [0, 0.1) is 0 Å². The van der Waals surface area contributed by atoms with Crippen LogP contribution in [0.15, 0.2) is 0 Å². The zero-order valence-corrected chi connectivity index (χ0v) is 14.3. The molecule has 0 aromatic carbocycles. The highest BCUT2D eigenvalue weighted by atomic mass is 16.5. The fourth-order valence-corrected chi connectivity index (χ4v) is 3.70. The summed E-state index contributed by atoms with van der Waals surface area (Å²) in [5.74, 6) is 2.54. The molecule has 2 aliphatic rings. The van der Waals surface area contributed by atoms with Crippen molar-refractivity contribution in [2.24, 2.45) is 0 Å². The average Bonchev–Trinajstić information content (AvgIpc) is 2.75. The van der Waals surface area contributed by atoms with E-state index in [-0.39, 0.29) is 12.1 Å². The number of carbonyl (C=O) groups is 1. The molecule has 1 atom stereocenters. The molecule has 1 fully saturated rings. The average molecular weight is 320 g/mol. The SMILES string of the molecule is CC(C)OC(=O)CN1CCCC(c2nnc3n2CCCCC3)C1. The second kappa shape index (κ2) is 7.43. The minimum absolute atomic E-state index is 0.0460. The normalized spacial score (nSPS) is 22.7. The van der Waals surface area contributed by atoms with Gasteiger partial charge < -0.3 is 9.30 Å². The number of rotatable bonds is 4. The first-order chi connectivity index (χ1) is 11.1. The number of ether oxygens (including phenoxy) is 1. The van der Waals surface area contributed by atoms with Gasteiger partial charge in [-0.15, -0.1) is 10.2 Å². The Kier molecular flexibility index (Phi) is 5.30. The van der Waals surface area contributed by atoms with Crippen molar-refractivity contribution in [3.63, 3.8) is 0 Å². The standard InChI is InChI=1S/C17H28N4O2/c1-13(2)23-16(22)12-20-9-6-7-14(11-20)17-19-18-15-8-4-3-5-10-21(15)17/h13-14H,3-12H2,1-2H3. The second-order valence-electron chi connectivity index (χ2n) is 7.05. The van der Waals surface area contributed by atoms with Crippen molar-refractivity contribution >= 4 is 5.97 Å². The highest BCUT2D eigenvalue weighted by molar-refractivity contribution is 5.71.